The fourth-order valence-corrected chi connectivity index (χ4v) is 7.97. The highest BCUT2D eigenvalue weighted by Crippen LogP contribution is 2.36. The number of benzene rings is 4. The summed E-state index contributed by atoms with van der Waals surface area (Å²) in [5, 5.41) is 9.36. The van der Waals surface area contributed by atoms with Crippen LogP contribution >= 0.6 is 0 Å². The van der Waals surface area contributed by atoms with Crippen molar-refractivity contribution >= 4 is 11.8 Å². The van der Waals surface area contributed by atoms with E-state index in [2.05, 4.69) is 58.5 Å². The van der Waals surface area contributed by atoms with E-state index >= 15 is 0 Å². The van der Waals surface area contributed by atoms with Crippen LogP contribution in [-0.2, 0) is 11.4 Å². The number of H-pyrrole nitrogens is 2. The third-order valence-corrected chi connectivity index (χ3v) is 10.8. The number of nitrogens with zero attached hydrogens (tertiary/aromatic N) is 5. The number of likely N-dealkylation sites (N-methyl/N-ethyl adjacent to an activating group) is 1. The number of likely N-dealkylation sites (tertiary alicyclic amines) is 2. The number of aromatic nitrogens is 4. The molecule has 0 spiro atoms. The largest absolute Gasteiger partial charge is 0.392 e. The maximum atomic E-state index is 13.9. The smallest absolute Gasteiger partial charge is 0.254 e. The molecular weight excluding hydrogens is 675 g/mol. The Hall–Kier alpha value is -5.84. The van der Waals surface area contributed by atoms with Gasteiger partial charge in [0.1, 0.15) is 17.7 Å². The number of aromatic amines is 2. The summed E-state index contributed by atoms with van der Waals surface area (Å²) in [4.78, 5) is 49.6. The van der Waals surface area contributed by atoms with Gasteiger partial charge in [0.15, 0.2) is 0 Å². The van der Waals surface area contributed by atoms with Gasteiger partial charge in [-0.2, -0.15) is 0 Å². The lowest BCUT2D eigenvalue weighted by molar-refractivity contribution is -0.137. The van der Waals surface area contributed by atoms with Gasteiger partial charge in [0.2, 0.25) is 5.91 Å². The van der Waals surface area contributed by atoms with E-state index in [4.69, 9.17) is 9.97 Å². The molecule has 3 atom stereocenters. The fraction of sp³-hybridized carbons (Fsp3) is 0.273. The number of nitrogens with one attached hydrogen (secondary N) is 2. The summed E-state index contributed by atoms with van der Waals surface area (Å²) >= 11 is 0. The van der Waals surface area contributed by atoms with Crippen LogP contribution in [0.25, 0.3) is 33.6 Å². The summed E-state index contributed by atoms with van der Waals surface area (Å²) in [5.74, 6) is 1.70. The first-order valence-corrected chi connectivity index (χ1v) is 18.7. The maximum Gasteiger partial charge on any atom is 0.254 e. The van der Waals surface area contributed by atoms with Crippen LogP contribution in [0.3, 0.4) is 0 Å². The van der Waals surface area contributed by atoms with Crippen LogP contribution in [0.1, 0.15) is 76.9 Å². The highest BCUT2D eigenvalue weighted by atomic mass is 16.3. The summed E-state index contributed by atoms with van der Waals surface area (Å²) in [6.07, 6.45) is 7.31. The number of aliphatic hydroxyl groups excluding tert-OH is 1. The van der Waals surface area contributed by atoms with Crippen molar-refractivity contribution in [3.05, 3.63) is 144 Å². The molecule has 0 bridgehead atoms. The predicted octanol–water partition coefficient (Wildman–Crippen LogP) is 7.57. The van der Waals surface area contributed by atoms with E-state index in [1.54, 1.807) is 24.3 Å². The third kappa shape index (κ3) is 6.98. The van der Waals surface area contributed by atoms with E-state index in [0.717, 1.165) is 82.1 Å². The predicted molar refractivity (Wildman–Crippen MR) is 209 cm³/mol. The molecule has 2 saturated heterocycles. The zero-order chi connectivity index (χ0) is 37.2. The van der Waals surface area contributed by atoms with E-state index in [0.29, 0.717) is 18.7 Å². The van der Waals surface area contributed by atoms with Gasteiger partial charge < -0.3 is 24.9 Å². The Morgan fingerprint density at radius 1 is 0.704 bits per heavy atom. The molecule has 0 aliphatic carbocycles. The zero-order valence-corrected chi connectivity index (χ0v) is 30.7. The number of aliphatic hydroxyl groups is 1. The number of amides is 2. The zero-order valence-electron chi connectivity index (χ0n) is 30.7. The van der Waals surface area contributed by atoms with Gasteiger partial charge in [-0.05, 0) is 85.3 Å². The van der Waals surface area contributed by atoms with Gasteiger partial charge in [-0.25, -0.2) is 9.97 Å². The van der Waals surface area contributed by atoms with E-state index < -0.39 is 0 Å². The van der Waals surface area contributed by atoms with Crippen molar-refractivity contribution in [1.29, 1.82) is 0 Å². The minimum Gasteiger partial charge on any atom is -0.392 e. The highest BCUT2D eigenvalue weighted by Gasteiger charge is 2.37. The second-order valence-corrected chi connectivity index (χ2v) is 14.5. The van der Waals surface area contributed by atoms with Gasteiger partial charge in [-0.3, -0.25) is 14.5 Å². The Morgan fingerprint density at radius 3 is 1.72 bits per heavy atom. The molecule has 8 rings (SSSR count). The van der Waals surface area contributed by atoms with E-state index in [1.165, 1.54) is 0 Å². The van der Waals surface area contributed by atoms with Crippen LogP contribution in [0, 0.1) is 0 Å². The molecule has 10 heteroatoms. The summed E-state index contributed by atoms with van der Waals surface area (Å²) in [6, 6.07) is 33.4. The molecule has 54 heavy (non-hydrogen) atoms. The fourth-order valence-electron chi connectivity index (χ4n) is 7.97. The summed E-state index contributed by atoms with van der Waals surface area (Å²) in [6.45, 7) is 1.35. The number of hydrogen-bond donors (Lipinski definition) is 3. The van der Waals surface area contributed by atoms with Crippen molar-refractivity contribution in [2.24, 2.45) is 0 Å². The van der Waals surface area contributed by atoms with Crippen molar-refractivity contribution in [2.75, 3.05) is 27.2 Å². The monoisotopic (exact) mass is 719 g/mol. The van der Waals surface area contributed by atoms with Gasteiger partial charge in [0, 0.05) is 18.7 Å². The van der Waals surface area contributed by atoms with Gasteiger partial charge >= 0.3 is 0 Å². The molecule has 2 aliphatic rings. The standard InChI is InChI=1S/C44H45N7O3/c1-49(2)40(34-8-4-3-5-9-34)44(54)51-25-7-11-39(51)42-46-27-37(48-42)33-22-18-31(19-23-33)30-16-20-32(21-17-30)36-26-45-41(47-36)38-10-6-24-50(38)43(53)35-14-12-29(28-52)13-15-35/h3-5,8-9,12-23,26-27,38-40,52H,6-7,10-11,24-25,28H2,1-2H3,(H,45,47)(H,46,48)/t38-,39-,40+/m0/s1. The SMILES string of the molecule is CN(C)[C@@H](C(=O)N1CCC[C@H]1c1ncc(-c2ccc(-c3ccc(-c4cnc([C@@H]5CCCN5C(=O)c5ccc(CO)cc5)[nH]4)cc3)cc2)[nH]1)c1ccccc1. The van der Waals surface area contributed by atoms with E-state index in [-0.39, 0.29) is 36.5 Å². The minimum absolute atomic E-state index is 0.0203. The highest BCUT2D eigenvalue weighted by molar-refractivity contribution is 5.94. The average molecular weight is 720 g/mol. The lowest BCUT2D eigenvalue weighted by Gasteiger charge is -2.31. The van der Waals surface area contributed by atoms with Crippen molar-refractivity contribution in [2.45, 2.75) is 50.4 Å². The molecule has 2 aromatic heterocycles. The lowest BCUT2D eigenvalue weighted by Crippen LogP contribution is -2.40. The Balaban J connectivity index is 0.926. The van der Waals surface area contributed by atoms with Gasteiger partial charge in [0.05, 0.1) is 42.5 Å². The molecular formula is C44H45N7O3. The topological polar surface area (TPSA) is 121 Å². The molecule has 4 heterocycles. The number of imidazole rings is 2. The third-order valence-electron chi connectivity index (χ3n) is 10.8. The first kappa shape index (κ1) is 35.2. The number of carbonyl (C=O) groups is 2. The van der Waals surface area contributed by atoms with E-state index in [1.807, 2.05) is 71.5 Å². The Kier molecular flexibility index (Phi) is 9.95. The van der Waals surface area contributed by atoms with Crippen LogP contribution < -0.4 is 0 Å². The van der Waals surface area contributed by atoms with Gasteiger partial charge in [-0.15, -0.1) is 0 Å². The van der Waals surface area contributed by atoms with Gasteiger partial charge in [-0.1, -0.05) is 91.0 Å². The minimum atomic E-state index is -0.344. The molecule has 3 N–H and O–H groups in total. The van der Waals surface area contributed by atoms with Crippen LogP contribution in [-0.4, -0.2) is 78.7 Å². The molecule has 0 unspecified atom stereocenters. The molecule has 274 valence electrons. The Morgan fingerprint density at radius 2 is 1.20 bits per heavy atom. The molecule has 6 aromatic rings. The quantitative estimate of drug-likeness (QED) is 0.134. The van der Waals surface area contributed by atoms with Crippen LogP contribution in [0.2, 0.25) is 0 Å². The average Bonchev–Trinajstić information content (AvgIpc) is 4.05. The number of hydrogen-bond acceptors (Lipinski definition) is 6. The molecule has 10 nitrogen and oxygen atoms in total. The van der Waals surface area contributed by atoms with Crippen molar-refractivity contribution in [3.8, 4) is 33.6 Å². The first-order valence-electron chi connectivity index (χ1n) is 18.7. The second kappa shape index (κ2) is 15.3. The Labute approximate surface area is 315 Å². The molecule has 0 radical (unpaired) electrons. The van der Waals surface area contributed by atoms with Crippen molar-refractivity contribution < 1.29 is 14.7 Å². The number of carbonyl (C=O) groups excluding carboxylic acids is 2. The normalized spacial score (nSPS) is 17.7. The first-order chi connectivity index (χ1) is 26.4. The van der Waals surface area contributed by atoms with Gasteiger partial charge in [0.25, 0.3) is 5.91 Å². The summed E-state index contributed by atoms with van der Waals surface area (Å²) < 4.78 is 0. The molecule has 4 aromatic carbocycles. The lowest BCUT2D eigenvalue weighted by atomic mass is 10.0. The summed E-state index contributed by atoms with van der Waals surface area (Å²) in [7, 11) is 3.91. The molecule has 2 fully saturated rings. The molecule has 2 aliphatic heterocycles. The summed E-state index contributed by atoms with van der Waals surface area (Å²) in [5.41, 5.74) is 8.49. The van der Waals surface area contributed by atoms with Crippen LogP contribution in [0.4, 0.5) is 0 Å². The molecule has 0 saturated carbocycles. The molecule has 2 amide bonds. The van der Waals surface area contributed by atoms with Crippen LogP contribution in [0.5, 0.6) is 0 Å². The van der Waals surface area contributed by atoms with E-state index in [9.17, 15) is 14.7 Å². The van der Waals surface area contributed by atoms with Crippen molar-refractivity contribution in [1.82, 2.24) is 34.6 Å². The maximum absolute atomic E-state index is 13.9. The Bertz CT molecular complexity index is 2210. The van der Waals surface area contributed by atoms with Crippen LogP contribution in [0.15, 0.2) is 116 Å². The second-order valence-electron chi connectivity index (χ2n) is 14.5. The van der Waals surface area contributed by atoms with Crippen molar-refractivity contribution in [3.63, 3.8) is 0 Å². The number of rotatable bonds is 10.